The zero-order valence-electron chi connectivity index (χ0n) is 11.8. The van der Waals surface area contributed by atoms with Gasteiger partial charge in [0.25, 0.3) is 5.91 Å². The largest absolute Gasteiger partial charge is 0.454 e. The number of hydrogen-bond acceptors (Lipinski definition) is 6. The van der Waals surface area contributed by atoms with Crippen molar-refractivity contribution in [3.8, 4) is 22.8 Å². The fourth-order valence-electron chi connectivity index (χ4n) is 2.49. The Labute approximate surface area is 131 Å². The summed E-state index contributed by atoms with van der Waals surface area (Å²) >= 11 is 1.86. The lowest BCUT2D eigenvalue weighted by molar-refractivity contribution is 0.0762. The van der Waals surface area contributed by atoms with Gasteiger partial charge in [-0.05, 0) is 18.2 Å². The third-order valence-corrected chi connectivity index (χ3v) is 4.63. The first-order valence-corrected chi connectivity index (χ1v) is 8.20. The summed E-state index contributed by atoms with van der Waals surface area (Å²) in [5.74, 6) is 3.81. The van der Waals surface area contributed by atoms with Crippen molar-refractivity contribution in [1.82, 2.24) is 10.1 Å². The summed E-state index contributed by atoms with van der Waals surface area (Å²) in [5.41, 5.74) is 1.16. The van der Waals surface area contributed by atoms with E-state index in [0.29, 0.717) is 23.0 Å². The van der Waals surface area contributed by atoms with Gasteiger partial charge in [-0.3, -0.25) is 4.79 Å². The second kappa shape index (κ2) is 5.57. The fraction of sp³-hybridized carbons (Fsp3) is 0.333. The molecule has 0 saturated carbocycles. The maximum absolute atomic E-state index is 12.4. The van der Waals surface area contributed by atoms with Gasteiger partial charge in [-0.15, -0.1) is 0 Å². The summed E-state index contributed by atoms with van der Waals surface area (Å²) in [6.45, 7) is 1.75. The minimum absolute atomic E-state index is 0.0731. The van der Waals surface area contributed by atoms with Crippen molar-refractivity contribution < 1.29 is 18.8 Å². The smallest absolute Gasteiger partial charge is 0.276 e. The Morgan fingerprint density at radius 3 is 2.82 bits per heavy atom. The van der Waals surface area contributed by atoms with Gasteiger partial charge in [0.1, 0.15) is 0 Å². The van der Waals surface area contributed by atoms with Crippen LogP contribution in [0.2, 0.25) is 0 Å². The maximum Gasteiger partial charge on any atom is 0.276 e. The fourth-order valence-corrected chi connectivity index (χ4v) is 3.39. The van der Waals surface area contributed by atoms with Crippen molar-refractivity contribution in [1.29, 1.82) is 0 Å². The van der Waals surface area contributed by atoms with Gasteiger partial charge in [0.15, 0.2) is 23.0 Å². The van der Waals surface area contributed by atoms with E-state index in [1.165, 1.54) is 0 Å². The Kier molecular flexibility index (Phi) is 3.42. The molecule has 3 heterocycles. The standard InChI is InChI=1S/C15H14N2O4S/c18-15(17-3-5-22-6-4-17)11-8-13(21-16-11)10-1-2-12-14(7-10)20-9-19-12/h1-2,7-8H,3-6,9H2. The van der Waals surface area contributed by atoms with Crippen molar-refractivity contribution >= 4 is 17.7 Å². The lowest BCUT2D eigenvalue weighted by atomic mass is 10.1. The van der Waals surface area contributed by atoms with E-state index in [9.17, 15) is 4.79 Å². The van der Waals surface area contributed by atoms with Crippen LogP contribution in [0, 0.1) is 0 Å². The van der Waals surface area contributed by atoms with E-state index in [1.54, 1.807) is 6.07 Å². The highest BCUT2D eigenvalue weighted by Gasteiger charge is 2.23. The van der Waals surface area contributed by atoms with E-state index in [2.05, 4.69) is 5.16 Å². The Bertz CT molecular complexity index is 709. The summed E-state index contributed by atoms with van der Waals surface area (Å²) in [7, 11) is 0. The van der Waals surface area contributed by atoms with Gasteiger partial charge >= 0.3 is 0 Å². The molecule has 0 aliphatic carbocycles. The van der Waals surface area contributed by atoms with Crippen molar-refractivity contribution in [2.45, 2.75) is 0 Å². The number of nitrogens with zero attached hydrogens (tertiary/aromatic N) is 2. The van der Waals surface area contributed by atoms with Crippen LogP contribution in [0.5, 0.6) is 11.5 Å². The van der Waals surface area contributed by atoms with E-state index < -0.39 is 0 Å². The average Bonchev–Trinajstić information content (AvgIpc) is 3.23. The summed E-state index contributed by atoms with van der Waals surface area (Å²) in [5, 5.41) is 3.92. The van der Waals surface area contributed by atoms with Gasteiger partial charge in [-0.2, -0.15) is 11.8 Å². The molecule has 2 aromatic rings. The third kappa shape index (κ3) is 2.41. The molecule has 114 valence electrons. The molecule has 22 heavy (non-hydrogen) atoms. The zero-order valence-corrected chi connectivity index (χ0v) is 12.6. The summed E-state index contributed by atoms with van der Waals surface area (Å²) < 4.78 is 16.0. The highest BCUT2D eigenvalue weighted by Crippen LogP contribution is 2.36. The molecule has 6 nitrogen and oxygen atoms in total. The van der Waals surface area contributed by atoms with Crippen LogP contribution in [0.25, 0.3) is 11.3 Å². The van der Waals surface area contributed by atoms with E-state index in [4.69, 9.17) is 14.0 Å². The van der Waals surface area contributed by atoms with Crippen LogP contribution in [0.4, 0.5) is 0 Å². The van der Waals surface area contributed by atoms with Crippen LogP contribution >= 0.6 is 11.8 Å². The van der Waals surface area contributed by atoms with E-state index in [0.717, 1.165) is 30.2 Å². The van der Waals surface area contributed by atoms with Crippen molar-refractivity contribution in [3.05, 3.63) is 30.0 Å². The number of fused-ring (bicyclic) bond motifs is 1. The first kappa shape index (κ1) is 13.5. The lowest BCUT2D eigenvalue weighted by Gasteiger charge is -2.25. The second-order valence-corrected chi connectivity index (χ2v) is 6.27. The number of benzene rings is 1. The minimum atomic E-state index is -0.0731. The van der Waals surface area contributed by atoms with E-state index in [-0.39, 0.29) is 12.7 Å². The molecular formula is C15H14N2O4S. The number of ether oxygens (including phenoxy) is 2. The van der Waals surface area contributed by atoms with Gasteiger partial charge in [-0.25, -0.2) is 0 Å². The molecule has 1 amide bonds. The van der Waals surface area contributed by atoms with E-state index in [1.807, 2.05) is 34.9 Å². The van der Waals surface area contributed by atoms with Crippen molar-refractivity contribution in [2.24, 2.45) is 0 Å². The summed E-state index contributed by atoms with van der Waals surface area (Å²) in [6, 6.07) is 7.19. The molecule has 0 spiro atoms. The molecule has 2 aliphatic rings. The first-order valence-electron chi connectivity index (χ1n) is 7.05. The zero-order chi connectivity index (χ0) is 14.9. The number of thioether (sulfide) groups is 1. The summed E-state index contributed by atoms with van der Waals surface area (Å²) in [4.78, 5) is 14.2. The SMILES string of the molecule is O=C(c1cc(-c2ccc3c(c2)OCO3)on1)N1CCSCC1. The number of amides is 1. The van der Waals surface area contributed by atoms with Crippen LogP contribution in [-0.2, 0) is 0 Å². The molecule has 0 bridgehead atoms. The van der Waals surface area contributed by atoms with E-state index >= 15 is 0 Å². The number of carbonyl (C=O) groups is 1. The number of rotatable bonds is 2. The predicted molar refractivity (Wildman–Crippen MR) is 81.3 cm³/mol. The first-order chi connectivity index (χ1) is 10.8. The second-order valence-electron chi connectivity index (χ2n) is 5.05. The van der Waals surface area contributed by atoms with Gasteiger partial charge < -0.3 is 18.9 Å². The van der Waals surface area contributed by atoms with Gasteiger partial charge in [0, 0.05) is 36.2 Å². The molecule has 1 fully saturated rings. The predicted octanol–water partition coefficient (Wildman–Crippen LogP) is 2.26. The highest BCUT2D eigenvalue weighted by molar-refractivity contribution is 7.99. The van der Waals surface area contributed by atoms with Crippen molar-refractivity contribution in [2.75, 3.05) is 31.4 Å². The summed E-state index contributed by atoms with van der Waals surface area (Å²) in [6.07, 6.45) is 0. The molecule has 1 saturated heterocycles. The van der Waals surface area contributed by atoms with Crippen LogP contribution in [0.15, 0.2) is 28.8 Å². The molecule has 0 radical (unpaired) electrons. The molecule has 7 heteroatoms. The normalized spacial score (nSPS) is 16.8. The van der Waals surface area contributed by atoms with Crippen molar-refractivity contribution in [3.63, 3.8) is 0 Å². The molecule has 4 rings (SSSR count). The molecule has 1 aromatic heterocycles. The van der Waals surface area contributed by atoms with Gasteiger partial charge in [0.05, 0.1) is 0 Å². The van der Waals surface area contributed by atoms with Crippen LogP contribution in [-0.4, -0.2) is 47.4 Å². The average molecular weight is 318 g/mol. The molecule has 2 aliphatic heterocycles. The third-order valence-electron chi connectivity index (χ3n) is 3.68. The quantitative estimate of drug-likeness (QED) is 0.846. The Balaban J connectivity index is 1.57. The molecule has 1 aromatic carbocycles. The van der Waals surface area contributed by atoms with Gasteiger partial charge in [0.2, 0.25) is 6.79 Å². The molecule has 0 unspecified atom stereocenters. The lowest BCUT2D eigenvalue weighted by Crippen LogP contribution is -2.38. The van der Waals surface area contributed by atoms with Gasteiger partial charge in [-0.1, -0.05) is 5.16 Å². The Morgan fingerprint density at radius 1 is 1.14 bits per heavy atom. The Morgan fingerprint density at radius 2 is 1.95 bits per heavy atom. The van der Waals surface area contributed by atoms with Crippen LogP contribution in [0.1, 0.15) is 10.5 Å². The molecular weight excluding hydrogens is 304 g/mol. The van der Waals surface area contributed by atoms with Crippen LogP contribution in [0.3, 0.4) is 0 Å². The number of hydrogen-bond donors (Lipinski definition) is 0. The molecule has 0 atom stereocenters. The highest BCUT2D eigenvalue weighted by atomic mass is 32.2. The maximum atomic E-state index is 12.4. The minimum Gasteiger partial charge on any atom is -0.454 e. The monoisotopic (exact) mass is 318 g/mol. The number of carbonyl (C=O) groups excluding carboxylic acids is 1. The molecule has 0 N–H and O–H groups in total. The number of aromatic nitrogens is 1. The Hall–Kier alpha value is -2.15. The topological polar surface area (TPSA) is 64.8 Å². The van der Waals surface area contributed by atoms with Crippen LogP contribution < -0.4 is 9.47 Å².